The zero-order chi connectivity index (χ0) is 21.6. The molecule has 0 aliphatic carbocycles. The van der Waals surface area contributed by atoms with Gasteiger partial charge in [-0.05, 0) is 31.9 Å². The van der Waals surface area contributed by atoms with Crippen LogP contribution < -0.4 is 5.56 Å². The van der Waals surface area contributed by atoms with Gasteiger partial charge in [-0.25, -0.2) is 9.37 Å². The smallest absolute Gasteiger partial charge is 0.257 e. The number of nitrogens with zero attached hydrogens (tertiary/aromatic N) is 4. The highest BCUT2D eigenvalue weighted by Gasteiger charge is 2.31. The Morgan fingerprint density at radius 2 is 2.10 bits per heavy atom. The molecule has 1 fully saturated rings. The second kappa shape index (κ2) is 7.84. The molecule has 164 valence electrons. The first-order chi connectivity index (χ1) is 14.9. The van der Waals surface area contributed by atoms with Gasteiger partial charge in [-0.15, -0.1) is 0 Å². The van der Waals surface area contributed by atoms with Crippen molar-refractivity contribution in [3.05, 3.63) is 62.4 Å². The third-order valence-electron chi connectivity index (χ3n) is 6.97. The molecule has 2 aliphatic heterocycles. The van der Waals surface area contributed by atoms with Crippen LogP contribution in [0.1, 0.15) is 54.4 Å². The van der Waals surface area contributed by atoms with Gasteiger partial charge in [-0.1, -0.05) is 5.16 Å². The maximum absolute atomic E-state index is 13.4. The molecule has 0 saturated carbocycles. The fourth-order valence-corrected chi connectivity index (χ4v) is 5.09. The maximum Gasteiger partial charge on any atom is 0.257 e. The van der Waals surface area contributed by atoms with Gasteiger partial charge >= 0.3 is 0 Å². The maximum atomic E-state index is 13.4. The Morgan fingerprint density at radius 1 is 1.29 bits per heavy atom. The number of rotatable bonds is 4. The number of likely N-dealkylation sites (tertiary alicyclic amines) is 1. The second-order valence-corrected chi connectivity index (χ2v) is 8.97. The lowest BCUT2D eigenvalue weighted by Gasteiger charge is -2.47. The Morgan fingerprint density at radius 3 is 2.90 bits per heavy atom. The molecule has 3 aromatic rings. The summed E-state index contributed by atoms with van der Waals surface area (Å²) in [6, 6.07) is 4.45. The molecule has 7 nitrogen and oxygen atoms in total. The van der Waals surface area contributed by atoms with Crippen molar-refractivity contribution in [2.45, 2.75) is 57.9 Å². The molecule has 5 rings (SSSR count). The van der Waals surface area contributed by atoms with E-state index in [1.165, 1.54) is 12.1 Å². The van der Waals surface area contributed by atoms with E-state index in [-0.39, 0.29) is 21.9 Å². The fraction of sp³-hybridized carbons (Fsp3) is 0.522. The molecule has 0 unspecified atom stereocenters. The summed E-state index contributed by atoms with van der Waals surface area (Å²) in [5, 5.41) is 18.3. The van der Waals surface area contributed by atoms with Crippen molar-refractivity contribution >= 4 is 11.0 Å². The van der Waals surface area contributed by atoms with E-state index in [1.807, 2.05) is 6.92 Å². The van der Waals surface area contributed by atoms with Crippen LogP contribution >= 0.6 is 0 Å². The molecular weight excluding hydrogens is 399 g/mol. The van der Waals surface area contributed by atoms with E-state index in [4.69, 9.17) is 4.52 Å². The summed E-state index contributed by atoms with van der Waals surface area (Å²) >= 11 is 0. The van der Waals surface area contributed by atoms with Crippen LogP contribution in [0.5, 0.6) is 0 Å². The number of piperidine rings is 1. The first-order valence-electron chi connectivity index (χ1n) is 11.1. The Balaban J connectivity index is 1.27. The van der Waals surface area contributed by atoms with Crippen molar-refractivity contribution in [3.63, 3.8) is 0 Å². The second-order valence-electron chi connectivity index (χ2n) is 8.97. The Hall–Kier alpha value is -2.58. The average molecular weight is 426 g/mol. The highest BCUT2D eigenvalue weighted by molar-refractivity contribution is 5.79. The zero-order valence-corrected chi connectivity index (χ0v) is 17.8. The predicted molar refractivity (Wildman–Crippen MR) is 114 cm³/mol. The quantitative estimate of drug-likeness (QED) is 0.470. The highest BCUT2D eigenvalue weighted by atomic mass is 19.1. The van der Waals surface area contributed by atoms with Gasteiger partial charge in [-0.2, -0.15) is 0 Å². The number of hydroxylamine groups is 3. The lowest BCUT2D eigenvalue weighted by atomic mass is 9.91. The molecule has 0 N–H and O–H groups in total. The van der Waals surface area contributed by atoms with E-state index in [2.05, 4.69) is 10.1 Å². The topological polar surface area (TPSA) is 84.0 Å². The summed E-state index contributed by atoms with van der Waals surface area (Å²) in [6.07, 6.45) is 4.78. The van der Waals surface area contributed by atoms with Crippen LogP contribution in [0.2, 0.25) is 0 Å². The van der Waals surface area contributed by atoms with Gasteiger partial charge < -0.3 is 14.4 Å². The third-order valence-corrected chi connectivity index (χ3v) is 6.97. The standard InChI is InChI=1S/C23H27FN4O3/c1-15-18(23(29)27-10-3-2-4-21(27)25-15)9-13-28(30)11-7-16(8-12-28)22-19-6-5-17(24)14-20(19)31-26-22/h5-6,14,16H,2-4,7-13H2,1H3. The van der Waals surface area contributed by atoms with Crippen molar-refractivity contribution in [2.24, 2.45) is 0 Å². The van der Waals surface area contributed by atoms with Gasteiger partial charge in [0, 0.05) is 60.9 Å². The van der Waals surface area contributed by atoms with Crippen LogP contribution in [0, 0.1) is 17.9 Å². The predicted octanol–water partition coefficient (Wildman–Crippen LogP) is 3.60. The molecule has 0 bridgehead atoms. The van der Waals surface area contributed by atoms with Crippen LogP contribution in [-0.4, -0.2) is 39.0 Å². The van der Waals surface area contributed by atoms with Gasteiger partial charge in [0.1, 0.15) is 11.6 Å². The minimum atomic E-state index is -0.350. The Kier molecular flexibility index (Phi) is 5.14. The number of fused-ring (bicyclic) bond motifs is 2. The van der Waals surface area contributed by atoms with Gasteiger partial charge in [0.2, 0.25) is 0 Å². The summed E-state index contributed by atoms with van der Waals surface area (Å²) in [5.74, 6) is 0.658. The van der Waals surface area contributed by atoms with Gasteiger partial charge in [0.05, 0.1) is 25.3 Å². The van der Waals surface area contributed by atoms with Crippen LogP contribution in [0.4, 0.5) is 4.39 Å². The van der Waals surface area contributed by atoms with Gasteiger partial charge in [0.25, 0.3) is 5.56 Å². The molecule has 8 heteroatoms. The molecule has 0 amide bonds. The molecule has 2 aromatic heterocycles. The number of quaternary nitrogens is 1. The normalized spacial score (nSPS) is 23.8. The lowest BCUT2D eigenvalue weighted by Crippen LogP contribution is -2.49. The third kappa shape index (κ3) is 3.78. The molecule has 1 saturated heterocycles. The van der Waals surface area contributed by atoms with E-state index < -0.39 is 0 Å². The summed E-state index contributed by atoms with van der Waals surface area (Å²) in [6.45, 7) is 3.93. The Labute approximate surface area is 179 Å². The first kappa shape index (κ1) is 20.3. The molecular formula is C23H27FN4O3. The average Bonchev–Trinajstić information content (AvgIpc) is 3.17. The number of hydrogen-bond donors (Lipinski definition) is 0. The van der Waals surface area contributed by atoms with Crippen molar-refractivity contribution in [3.8, 4) is 0 Å². The molecule has 0 radical (unpaired) electrons. The van der Waals surface area contributed by atoms with E-state index in [0.717, 1.165) is 48.4 Å². The zero-order valence-electron chi connectivity index (χ0n) is 17.8. The number of halogens is 1. The molecule has 1 aromatic carbocycles. The van der Waals surface area contributed by atoms with Crippen LogP contribution in [-0.2, 0) is 19.4 Å². The van der Waals surface area contributed by atoms with E-state index in [9.17, 15) is 14.4 Å². The van der Waals surface area contributed by atoms with Gasteiger partial charge in [-0.3, -0.25) is 9.36 Å². The lowest BCUT2D eigenvalue weighted by molar-refractivity contribution is -0.885. The molecule has 4 heterocycles. The van der Waals surface area contributed by atoms with Crippen molar-refractivity contribution in [1.29, 1.82) is 0 Å². The molecule has 2 aliphatic rings. The minimum Gasteiger partial charge on any atom is -0.633 e. The van der Waals surface area contributed by atoms with Crippen LogP contribution in [0.3, 0.4) is 0 Å². The van der Waals surface area contributed by atoms with Crippen molar-refractivity contribution in [2.75, 3.05) is 19.6 Å². The number of hydrogen-bond acceptors (Lipinski definition) is 5. The van der Waals surface area contributed by atoms with Crippen molar-refractivity contribution < 1.29 is 13.6 Å². The number of aryl methyl sites for hydroxylation is 2. The van der Waals surface area contributed by atoms with E-state index >= 15 is 0 Å². The van der Waals surface area contributed by atoms with E-state index in [1.54, 1.807) is 10.6 Å². The first-order valence-corrected chi connectivity index (χ1v) is 11.1. The van der Waals surface area contributed by atoms with Crippen LogP contribution in [0.15, 0.2) is 27.5 Å². The summed E-state index contributed by atoms with van der Waals surface area (Å²) in [5.41, 5.74) is 2.74. The minimum absolute atomic E-state index is 0.0324. The fourth-order valence-electron chi connectivity index (χ4n) is 5.09. The van der Waals surface area contributed by atoms with Crippen molar-refractivity contribution in [1.82, 2.24) is 14.7 Å². The SMILES string of the molecule is Cc1nc2n(c(=O)c1CC[N+]1([O-])CCC(c3noc4cc(F)ccc34)CC1)CCCC2. The van der Waals surface area contributed by atoms with E-state index in [0.29, 0.717) is 50.0 Å². The molecule has 0 atom stereocenters. The summed E-state index contributed by atoms with van der Waals surface area (Å²) in [4.78, 5) is 17.6. The number of aromatic nitrogens is 3. The molecule has 31 heavy (non-hydrogen) atoms. The Bertz CT molecular complexity index is 1180. The van der Waals surface area contributed by atoms with Gasteiger partial charge in [0.15, 0.2) is 5.58 Å². The van der Waals surface area contributed by atoms with Crippen LogP contribution in [0.25, 0.3) is 11.0 Å². The summed E-state index contributed by atoms with van der Waals surface area (Å²) in [7, 11) is 0. The number of benzene rings is 1. The monoisotopic (exact) mass is 426 g/mol. The summed E-state index contributed by atoms with van der Waals surface area (Å²) < 4.78 is 20.2. The molecule has 0 spiro atoms. The highest BCUT2D eigenvalue weighted by Crippen LogP contribution is 2.34. The largest absolute Gasteiger partial charge is 0.633 e.